The molecule has 0 heterocycles. The minimum absolute atomic E-state index is 0.684. The Bertz CT molecular complexity index is 324. The third-order valence-electron chi connectivity index (χ3n) is 1.46. The van der Waals surface area contributed by atoms with Gasteiger partial charge in [-0.15, -0.1) is 0 Å². The second-order valence-corrected chi connectivity index (χ2v) is 2.78. The van der Waals surface area contributed by atoms with Crippen molar-refractivity contribution in [2.75, 3.05) is 7.11 Å². The molecular formula is C7H5F4OP. The van der Waals surface area contributed by atoms with Crippen LogP contribution in [0.15, 0.2) is 0 Å². The van der Waals surface area contributed by atoms with Crippen LogP contribution >= 0.6 is 9.24 Å². The molecule has 0 saturated carbocycles. The largest absolute Gasteiger partial charge is 0.491 e. The molecule has 13 heavy (non-hydrogen) atoms. The Morgan fingerprint density at radius 1 is 0.923 bits per heavy atom. The van der Waals surface area contributed by atoms with Crippen molar-refractivity contribution < 1.29 is 22.3 Å². The van der Waals surface area contributed by atoms with Crippen LogP contribution in [0.1, 0.15) is 0 Å². The van der Waals surface area contributed by atoms with Crippen LogP contribution in [-0.2, 0) is 0 Å². The van der Waals surface area contributed by atoms with Gasteiger partial charge in [-0.25, -0.2) is 13.2 Å². The summed E-state index contributed by atoms with van der Waals surface area (Å²) in [5.41, 5.74) is 0. The number of halogens is 4. The van der Waals surface area contributed by atoms with Gasteiger partial charge >= 0.3 is 0 Å². The van der Waals surface area contributed by atoms with E-state index in [1.807, 2.05) is 0 Å². The molecule has 1 aromatic carbocycles. The van der Waals surface area contributed by atoms with Crippen molar-refractivity contribution in [3.63, 3.8) is 0 Å². The molecule has 0 bridgehead atoms. The van der Waals surface area contributed by atoms with Crippen LogP contribution in [0.4, 0.5) is 17.6 Å². The molecule has 6 heteroatoms. The van der Waals surface area contributed by atoms with Gasteiger partial charge in [-0.3, -0.25) is 0 Å². The molecule has 1 atom stereocenters. The highest BCUT2D eigenvalue weighted by Crippen LogP contribution is 2.25. The third-order valence-corrected chi connectivity index (χ3v) is 1.97. The van der Waals surface area contributed by atoms with Gasteiger partial charge in [-0.05, 0) is 0 Å². The van der Waals surface area contributed by atoms with E-state index < -0.39 is 34.3 Å². The van der Waals surface area contributed by atoms with Crippen LogP contribution < -0.4 is 10.0 Å². The quantitative estimate of drug-likeness (QED) is 0.298. The lowest BCUT2D eigenvalue weighted by atomic mass is 10.3. The lowest BCUT2D eigenvalue weighted by Crippen LogP contribution is -2.12. The number of benzene rings is 1. The van der Waals surface area contributed by atoms with Crippen molar-refractivity contribution in [2.45, 2.75) is 0 Å². The summed E-state index contributed by atoms with van der Waals surface area (Å²) in [7, 11) is 2.59. The molecule has 0 saturated heterocycles. The van der Waals surface area contributed by atoms with E-state index in [1.165, 1.54) is 0 Å². The zero-order valence-electron chi connectivity index (χ0n) is 6.50. The first-order chi connectivity index (χ1) is 6.00. The van der Waals surface area contributed by atoms with Gasteiger partial charge in [0.1, 0.15) is 0 Å². The fraction of sp³-hybridized carbons (Fsp3) is 0.143. The SMILES string of the molecule is COc1c(F)c(F)c(F)c(P)c1F. The molecule has 0 radical (unpaired) electrons. The summed E-state index contributed by atoms with van der Waals surface area (Å²) < 4.78 is 55.1. The van der Waals surface area contributed by atoms with Gasteiger partial charge in [0.2, 0.25) is 5.82 Å². The van der Waals surface area contributed by atoms with Gasteiger partial charge < -0.3 is 4.74 Å². The molecule has 0 aliphatic heterocycles. The van der Waals surface area contributed by atoms with E-state index in [1.54, 1.807) is 9.24 Å². The average Bonchev–Trinajstić information content (AvgIpc) is 2.13. The predicted octanol–water partition coefficient (Wildman–Crippen LogP) is 1.75. The Labute approximate surface area is 73.9 Å². The van der Waals surface area contributed by atoms with Crippen LogP contribution in [0.3, 0.4) is 0 Å². The number of hydrogen-bond donors (Lipinski definition) is 0. The van der Waals surface area contributed by atoms with Gasteiger partial charge in [-0.2, -0.15) is 4.39 Å². The summed E-state index contributed by atoms with van der Waals surface area (Å²) in [6.07, 6.45) is 0. The molecule has 1 aromatic rings. The third kappa shape index (κ3) is 1.48. The zero-order valence-corrected chi connectivity index (χ0v) is 7.65. The molecule has 72 valence electrons. The molecule has 1 unspecified atom stereocenters. The van der Waals surface area contributed by atoms with Crippen molar-refractivity contribution in [1.29, 1.82) is 0 Å². The van der Waals surface area contributed by atoms with E-state index in [-0.39, 0.29) is 0 Å². The van der Waals surface area contributed by atoms with Gasteiger partial charge in [0.15, 0.2) is 23.2 Å². The Morgan fingerprint density at radius 3 is 1.92 bits per heavy atom. The molecule has 1 nitrogen and oxygen atoms in total. The molecule has 0 amide bonds. The first-order valence-electron chi connectivity index (χ1n) is 3.16. The van der Waals surface area contributed by atoms with Crippen molar-refractivity contribution >= 4 is 14.5 Å². The van der Waals surface area contributed by atoms with Crippen LogP contribution in [0, 0.1) is 23.3 Å². The number of hydrogen-bond acceptors (Lipinski definition) is 1. The maximum absolute atomic E-state index is 12.9. The Hall–Kier alpha value is -0.830. The van der Waals surface area contributed by atoms with Gasteiger partial charge in [0.05, 0.1) is 7.11 Å². The fourth-order valence-corrected chi connectivity index (χ4v) is 1.07. The number of ether oxygens (including phenoxy) is 1. The topological polar surface area (TPSA) is 9.23 Å². The Morgan fingerprint density at radius 2 is 1.46 bits per heavy atom. The van der Waals surface area contributed by atoms with Crippen molar-refractivity contribution in [2.24, 2.45) is 0 Å². The highest BCUT2D eigenvalue weighted by atomic mass is 31.0. The Balaban J connectivity index is 3.56. The van der Waals surface area contributed by atoms with Gasteiger partial charge in [0.25, 0.3) is 0 Å². The summed E-state index contributed by atoms with van der Waals surface area (Å²) in [5, 5.41) is -0.684. The number of methoxy groups -OCH3 is 1. The molecule has 0 fully saturated rings. The van der Waals surface area contributed by atoms with Crippen LogP contribution in [0.5, 0.6) is 5.75 Å². The molecular weight excluding hydrogens is 207 g/mol. The van der Waals surface area contributed by atoms with Crippen molar-refractivity contribution in [3.8, 4) is 5.75 Å². The molecule has 0 aromatic heterocycles. The van der Waals surface area contributed by atoms with Crippen molar-refractivity contribution in [3.05, 3.63) is 23.3 Å². The first-order valence-corrected chi connectivity index (χ1v) is 3.73. The second-order valence-electron chi connectivity index (χ2n) is 2.20. The zero-order chi connectivity index (χ0) is 10.2. The maximum atomic E-state index is 12.9. The summed E-state index contributed by atoms with van der Waals surface area (Å²) in [5.74, 6) is -7.17. The summed E-state index contributed by atoms with van der Waals surface area (Å²) >= 11 is 0. The van der Waals surface area contributed by atoms with Crippen LogP contribution in [-0.4, -0.2) is 7.11 Å². The Kier molecular flexibility index (Phi) is 2.76. The molecule has 1 rings (SSSR count). The van der Waals surface area contributed by atoms with E-state index in [0.717, 1.165) is 7.11 Å². The van der Waals surface area contributed by atoms with E-state index >= 15 is 0 Å². The highest BCUT2D eigenvalue weighted by molar-refractivity contribution is 7.27. The summed E-state index contributed by atoms with van der Waals surface area (Å²) in [6.45, 7) is 0. The van der Waals surface area contributed by atoms with E-state index in [0.29, 0.717) is 0 Å². The lowest BCUT2D eigenvalue weighted by molar-refractivity contribution is 0.338. The second kappa shape index (κ2) is 3.50. The normalized spacial score (nSPS) is 10.3. The average molecular weight is 212 g/mol. The molecule has 0 spiro atoms. The first kappa shape index (κ1) is 10.3. The van der Waals surface area contributed by atoms with Gasteiger partial charge in [0, 0.05) is 5.30 Å². The van der Waals surface area contributed by atoms with Crippen molar-refractivity contribution in [1.82, 2.24) is 0 Å². The number of rotatable bonds is 1. The fourth-order valence-electron chi connectivity index (χ4n) is 0.808. The maximum Gasteiger partial charge on any atom is 0.206 e. The minimum Gasteiger partial charge on any atom is -0.491 e. The molecule has 0 N–H and O–H groups in total. The van der Waals surface area contributed by atoms with E-state index in [2.05, 4.69) is 4.74 Å². The van der Waals surface area contributed by atoms with E-state index in [9.17, 15) is 17.6 Å². The molecule has 0 aliphatic rings. The standard InChI is InChI=1S/C7H5F4OP/c1-12-6-3(9)2(8)4(10)7(13)5(6)11/h13H2,1H3. The highest BCUT2D eigenvalue weighted by Gasteiger charge is 2.23. The molecule has 0 aliphatic carbocycles. The lowest BCUT2D eigenvalue weighted by Gasteiger charge is -2.07. The van der Waals surface area contributed by atoms with Crippen LogP contribution in [0.25, 0.3) is 0 Å². The summed E-state index contributed by atoms with van der Waals surface area (Å²) in [6, 6.07) is 0. The van der Waals surface area contributed by atoms with E-state index in [4.69, 9.17) is 0 Å². The monoisotopic (exact) mass is 212 g/mol. The smallest absolute Gasteiger partial charge is 0.206 e. The van der Waals surface area contributed by atoms with Gasteiger partial charge in [-0.1, -0.05) is 9.24 Å². The van der Waals surface area contributed by atoms with Crippen LogP contribution in [0.2, 0.25) is 0 Å². The summed E-state index contributed by atoms with van der Waals surface area (Å²) in [4.78, 5) is 0. The predicted molar refractivity (Wildman–Crippen MR) is 42.2 cm³/mol. The minimum atomic E-state index is -1.75.